The minimum atomic E-state index is -0.391. The summed E-state index contributed by atoms with van der Waals surface area (Å²) < 4.78 is 5.86. The van der Waals surface area contributed by atoms with Crippen LogP contribution in [0.5, 0.6) is 0 Å². The number of carbonyl (C=O) groups is 1. The number of amides is 1. The highest BCUT2D eigenvalue weighted by molar-refractivity contribution is 7.14. The highest BCUT2D eigenvalue weighted by atomic mass is 32.1. The van der Waals surface area contributed by atoms with Gasteiger partial charge in [0.25, 0.3) is 0 Å². The van der Waals surface area contributed by atoms with Crippen molar-refractivity contribution in [3.05, 3.63) is 54.2 Å². The molecule has 3 aromatic heterocycles. The van der Waals surface area contributed by atoms with Gasteiger partial charge in [-0.25, -0.2) is 14.8 Å². The summed E-state index contributed by atoms with van der Waals surface area (Å²) in [6.45, 7) is 2.79. The predicted molar refractivity (Wildman–Crippen MR) is 121 cm³/mol. The molecule has 1 N–H and O–H groups in total. The molecule has 1 amide bonds. The van der Waals surface area contributed by atoms with E-state index in [1.165, 1.54) is 0 Å². The van der Waals surface area contributed by atoms with Crippen molar-refractivity contribution < 1.29 is 9.53 Å². The standard InChI is InChI=1S/C23H25N5O2S/c1-16(26-21-27-19(14-31-21)18-6-2-4-12-24-18)17-8-10-23(11-9-17)15-28(22(29)30-23)20-7-3-5-13-25-20/h2-7,12-14,16-17H,8-11,15H2,1H3,(H,26,27)/t16?,17-,23-. The smallest absolute Gasteiger partial charge is 0.416 e. The lowest BCUT2D eigenvalue weighted by atomic mass is 9.76. The molecule has 0 bridgehead atoms. The number of thiazole rings is 1. The maximum Gasteiger partial charge on any atom is 0.416 e. The van der Waals surface area contributed by atoms with Gasteiger partial charge in [-0.05, 0) is 62.8 Å². The van der Waals surface area contributed by atoms with E-state index in [2.05, 4.69) is 22.2 Å². The number of carbonyl (C=O) groups excluding carboxylic acids is 1. The summed E-state index contributed by atoms with van der Waals surface area (Å²) in [7, 11) is 0. The van der Waals surface area contributed by atoms with Crippen molar-refractivity contribution in [1.29, 1.82) is 0 Å². The Bertz CT molecular complexity index is 1030. The number of anilines is 2. The average molecular weight is 436 g/mol. The van der Waals surface area contributed by atoms with Gasteiger partial charge in [0.15, 0.2) is 5.13 Å². The first-order chi connectivity index (χ1) is 15.1. The molecule has 2 aliphatic rings. The Kier molecular flexibility index (Phi) is 5.31. The monoisotopic (exact) mass is 435 g/mol. The second-order valence-corrected chi connectivity index (χ2v) is 9.21. The maximum absolute atomic E-state index is 12.5. The van der Waals surface area contributed by atoms with Gasteiger partial charge in [-0.3, -0.25) is 9.88 Å². The van der Waals surface area contributed by atoms with Crippen molar-refractivity contribution >= 4 is 28.4 Å². The zero-order valence-electron chi connectivity index (χ0n) is 17.4. The number of nitrogens with zero attached hydrogens (tertiary/aromatic N) is 4. The largest absolute Gasteiger partial charge is 0.441 e. The maximum atomic E-state index is 12.5. The molecule has 1 aliphatic heterocycles. The molecule has 1 aliphatic carbocycles. The SMILES string of the molecule is CC(Nc1nc(-c2ccccn2)cs1)[C@H]1CC[C@]2(CC1)CN(c1ccccn1)C(=O)O2. The summed E-state index contributed by atoms with van der Waals surface area (Å²) in [6.07, 6.45) is 6.97. The molecule has 0 radical (unpaired) electrons. The van der Waals surface area contributed by atoms with Gasteiger partial charge in [0.2, 0.25) is 0 Å². The van der Waals surface area contributed by atoms with Crippen LogP contribution in [-0.2, 0) is 4.74 Å². The van der Waals surface area contributed by atoms with E-state index in [0.717, 1.165) is 42.2 Å². The number of rotatable bonds is 5. The minimum absolute atomic E-state index is 0.284. The fourth-order valence-corrected chi connectivity index (χ4v) is 5.33. The molecule has 5 rings (SSSR count). The molecule has 1 spiro atoms. The van der Waals surface area contributed by atoms with Crippen LogP contribution in [-0.4, -0.2) is 39.2 Å². The number of aromatic nitrogens is 3. The van der Waals surface area contributed by atoms with Gasteiger partial charge >= 0.3 is 6.09 Å². The molecule has 31 heavy (non-hydrogen) atoms. The topological polar surface area (TPSA) is 80.2 Å². The van der Waals surface area contributed by atoms with E-state index < -0.39 is 5.60 Å². The number of ether oxygens (including phenoxy) is 1. The Labute approximate surface area is 185 Å². The third kappa shape index (κ3) is 4.12. The van der Waals surface area contributed by atoms with E-state index in [-0.39, 0.29) is 6.09 Å². The number of hydrogen-bond acceptors (Lipinski definition) is 7. The van der Waals surface area contributed by atoms with Crippen LogP contribution in [0.15, 0.2) is 54.2 Å². The number of hydrogen-bond donors (Lipinski definition) is 1. The van der Waals surface area contributed by atoms with Gasteiger partial charge in [0.05, 0.1) is 12.2 Å². The number of pyridine rings is 2. The lowest BCUT2D eigenvalue weighted by Crippen LogP contribution is -2.41. The van der Waals surface area contributed by atoms with Gasteiger partial charge in [0.1, 0.15) is 17.1 Å². The summed E-state index contributed by atoms with van der Waals surface area (Å²) in [5.74, 6) is 1.17. The summed E-state index contributed by atoms with van der Waals surface area (Å²) >= 11 is 1.61. The third-order valence-corrected chi connectivity index (χ3v) is 7.10. The van der Waals surface area contributed by atoms with E-state index in [1.54, 1.807) is 28.6 Å². The first kappa shape index (κ1) is 19.9. The molecular weight excluding hydrogens is 410 g/mol. The summed E-state index contributed by atoms with van der Waals surface area (Å²) in [5, 5.41) is 6.53. The van der Waals surface area contributed by atoms with Crippen LogP contribution in [0.3, 0.4) is 0 Å². The quantitative estimate of drug-likeness (QED) is 0.608. The lowest BCUT2D eigenvalue weighted by Gasteiger charge is -2.37. The average Bonchev–Trinajstić information content (AvgIpc) is 3.40. The zero-order valence-corrected chi connectivity index (χ0v) is 18.2. The van der Waals surface area contributed by atoms with Crippen LogP contribution in [0.2, 0.25) is 0 Å². The molecule has 1 atom stereocenters. The summed E-state index contributed by atoms with van der Waals surface area (Å²) in [5.41, 5.74) is 1.40. The lowest BCUT2D eigenvalue weighted by molar-refractivity contribution is 0.0117. The Hall–Kier alpha value is -3.00. The molecule has 4 heterocycles. The van der Waals surface area contributed by atoms with Crippen molar-refractivity contribution in [2.75, 3.05) is 16.8 Å². The highest BCUT2D eigenvalue weighted by Crippen LogP contribution is 2.41. The zero-order chi connectivity index (χ0) is 21.3. The molecule has 1 saturated heterocycles. The first-order valence-electron chi connectivity index (χ1n) is 10.7. The van der Waals surface area contributed by atoms with Crippen molar-refractivity contribution in [2.24, 2.45) is 5.92 Å². The van der Waals surface area contributed by atoms with E-state index in [1.807, 2.05) is 41.8 Å². The van der Waals surface area contributed by atoms with Crippen LogP contribution < -0.4 is 10.2 Å². The highest BCUT2D eigenvalue weighted by Gasteiger charge is 2.48. The molecular formula is C23H25N5O2S. The van der Waals surface area contributed by atoms with Gasteiger partial charge < -0.3 is 10.1 Å². The van der Waals surface area contributed by atoms with Gasteiger partial charge in [-0.1, -0.05) is 12.1 Å². The molecule has 3 aromatic rings. The molecule has 1 unspecified atom stereocenters. The molecule has 1 saturated carbocycles. The number of nitrogens with one attached hydrogen (secondary N) is 1. The second-order valence-electron chi connectivity index (χ2n) is 8.35. The van der Waals surface area contributed by atoms with Gasteiger partial charge in [-0.2, -0.15) is 0 Å². The minimum Gasteiger partial charge on any atom is -0.441 e. The fourth-order valence-electron chi connectivity index (χ4n) is 4.52. The van der Waals surface area contributed by atoms with Crippen LogP contribution in [0, 0.1) is 5.92 Å². The van der Waals surface area contributed by atoms with E-state index >= 15 is 0 Å². The van der Waals surface area contributed by atoms with Crippen molar-refractivity contribution in [1.82, 2.24) is 15.0 Å². The van der Waals surface area contributed by atoms with E-state index in [9.17, 15) is 4.79 Å². The summed E-state index contributed by atoms with van der Waals surface area (Å²) in [6, 6.07) is 11.7. The van der Waals surface area contributed by atoms with Crippen LogP contribution in [0.25, 0.3) is 11.4 Å². The fraction of sp³-hybridized carbons (Fsp3) is 0.391. The van der Waals surface area contributed by atoms with Crippen molar-refractivity contribution in [3.8, 4) is 11.4 Å². The van der Waals surface area contributed by atoms with E-state index in [4.69, 9.17) is 9.72 Å². The molecule has 160 valence electrons. The normalized spacial score (nSPS) is 24.2. The Balaban J connectivity index is 1.18. The predicted octanol–water partition coefficient (Wildman–Crippen LogP) is 4.99. The van der Waals surface area contributed by atoms with Crippen LogP contribution >= 0.6 is 11.3 Å². The Morgan fingerprint density at radius 3 is 2.61 bits per heavy atom. The first-order valence-corrected chi connectivity index (χ1v) is 11.5. The molecule has 7 nitrogen and oxygen atoms in total. The molecule has 0 aromatic carbocycles. The summed E-state index contributed by atoms with van der Waals surface area (Å²) in [4.78, 5) is 27.5. The second kappa shape index (κ2) is 8.26. The van der Waals surface area contributed by atoms with Crippen molar-refractivity contribution in [2.45, 2.75) is 44.2 Å². The van der Waals surface area contributed by atoms with Gasteiger partial charge in [0, 0.05) is 23.8 Å². The van der Waals surface area contributed by atoms with E-state index in [0.29, 0.717) is 24.3 Å². The van der Waals surface area contributed by atoms with Gasteiger partial charge in [-0.15, -0.1) is 11.3 Å². The molecule has 2 fully saturated rings. The third-order valence-electron chi connectivity index (χ3n) is 6.33. The van der Waals surface area contributed by atoms with Crippen molar-refractivity contribution in [3.63, 3.8) is 0 Å². The Morgan fingerprint density at radius 1 is 1.13 bits per heavy atom. The van der Waals surface area contributed by atoms with Crippen LogP contribution in [0.4, 0.5) is 15.7 Å². The Morgan fingerprint density at radius 2 is 1.90 bits per heavy atom. The van der Waals surface area contributed by atoms with Crippen LogP contribution in [0.1, 0.15) is 32.6 Å². The molecule has 8 heteroatoms.